The Labute approximate surface area is 187 Å². The summed E-state index contributed by atoms with van der Waals surface area (Å²) in [5.74, 6) is -3.60. The fourth-order valence-corrected chi connectivity index (χ4v) is 1.89. The molecular formula is C22H30O10. The van der Waals surface area contributed by atoms with Crippen LogP contribution in [-0.2, 0) is 47.7 Å². The molecule has 0 heterocycles. The predicted octanol–water partition coefficient (Wildman–Crippen LogP) is 1.83. The molecule has 0 unspecified atom stereocenters. The smallest absolute Gasteiger partial charge is 0.333 e. The van der Waals surface area contributed by atoms with Gasteiger partial charge in [0.1, 0.15) is 31.8 Å². The van der Waals surface area contributed by atoms with Gasteiger partial charge in [-0.2, -0.15) is 0 Å². The van der Waals surface area contributed by atoms with Crippen LogP contribution < -0.4 is 0 Å². The van der Waals surface area contributed by atoms with Crippen molar-refractivity contribution in [1.82, 2.24) is 0 Å². The van der Waals surface area contributed by atoms with Crippen molar-refractivity contribution in [1.29, 1.82) is 0 Å². The van der Waals surface area contributed by atoms with Crippen LogP contribution in [0.1, 0.15) is 33.6 Å². The van der Waals surface area contributed by atoms with Crippen molar-refractivity contribution in [3.05, 3.63) is 36.5 Å². The average molecular weight is 454 g/mol. The predicted molar refractivity (Wildman–Crippen MR) is 112 cm³/mol. The molecule has 0 fully saturated rings. The highest BCUT2D eigenvalue weighted by atomic mass is 16.6. The number of hydrogen-bond donors (Lipinski definition) is 0. The first kappa shape index (κ1) is 28.6. The molecular weight excluding hydrogens is 424 g/mol. The lowest BCUT2D eigenvalue weighted by atomic mass is 9.92. The molecule has 0 aliphatic rings. The van der Waals surface area contributed by atoms with Gasteiger partial charge in [0.15, 0.2) is 0 Å². The Morgan fingerprint density at radius 1 is 0.594 bits per heavy atom. The Balaban J connectivity index is 5.62. The molecule has 0 atom stereocenters. The van der Waals surface area contributed by atoms with E-state index in [9.17, 15) is 24.0 Å². The molecule has 0 aromatic heterocycles. The molecule has 0 rings (SSSR count). The van der Waals surface area contributed by atoms with Crippen LogP contribution in [-0.4, -0.2) is 63.4 Å². The number of methoxy groups -OCH3 is 1. The van der Waals surface area contributed by atoms with Gasteiger partial charge in [0, 0.05) is 16.7 Å². The summed E-state index contributed by atoms with van der Waals surface area (Å²) in [6.45, 7) is 13.0. The van der Waals surface area contributed by atoms with E-state index in [1.54, 1.807) is 0 Å². The Morgan fingerprint density at radius 3 is 1.22 bits per heavy atom. The monoisotopic (exact) mass is 454 g/mol. The molecule has 0 N–H and O–H groups in total. The zero-order valence-corrected chi connectivity index (χ0v) is 18.9. The standard InChI is InChI=1S/C22H30O10/c1-14(2)19(25)30-11-22(12-31-20(26)15(3)4,13-32-21(27)16(5)6)10-29-18(24)9-8-17(23)28-7/h1,3,5,8-13H2,2,4,6-7H3. The third kappa shape index (κ3) is 11.1. The quantitative estimate of drug-likeness (QED) is 0.217. The summed E-state index contributed by atoms with van der Waals surface area (Å²) in [4.78, 5) is 59.0. The zero-order valence-electron chi connectivity index (χ0n) is 18.9. The summed E-state index contributed by atoms with van der Waals surface area (Å²) in [6.07, 6.45) is -0.478. The zero-order chi connectivity index (χ0) is 24.9. The van der Waals surface area contributed by atoms with Gasteiger partial charge in [-0.3, -0.25) is 9.59 Å². The van der Waals surface area contributed by atoms with Crippen molar-refractivity contribution in [2.45, 2.75) is 33.6 Å². The van der Waals surface area contributed by atoms with E-state index in [4.69, 9.17) is 18.9 Å². The first-order valence-electron chi connectivity index (χ1n) is 9.54. The molecule has 10 nitrogen and oxygen atoms in total. The molecule has 0 aliphatic heterocycles. The maximum Gasteiger partial charge on any atom is 0.333 e. The van der Waals surface area contributed by atoms with Crippen molar-refractivity contribution < 1.29 is 47.7 Å². The molecule has 0 radical (unpaired) electrons. The Bertz CT molecular complexity index is 704. The topological polar surface area (TPSA) is 132 Å². The fraction of sp³-hybridized carbons (Fsp3) is 0.500. The normalized spacial score (nSPS) is 10.4. The van der Waals surface area contributed by atoms with Crippen LogP contribution in [0.15, 0.2) is 36.5 Å². The van der Waals surface area contributed by atoms with Gasteiger partial charge in [0.25, 0.3) is 0 Å². The maximum atomic E-state index is 12.1. The van der Waals surface area contributed by atoms with Crippen molar-refractivity contribution in [3.8, 4) is 0 Å². The summed E-state index contributed by atoms with van der Waals surface area (Å²) in [5, 5.41) is 0. The first-order valence-corrected chi connectivity index (χ1v) is 9.54. The average Bonchev–Trinajstić information content (AvgIpc) is 2.75. The van der Waals surface area contributed by atoms with Crippen molar-refractivity contribution in [3.63, 3.8) is 0 Å². The molecule has 178 valence electrons. The molecule has 0 amide bonds. The number of rotatable bonds is 14. The van der Waals surface area contributed by atoms with E-state index in [0.29, 0.717) is 0 Å². The molecule has 0 aromatic carbocycles. The van der Waals surface area contributed by atoms with E-state index in [2.05, 4.69) is 24.5 Å². The van der Waals surface area contributed by atoms with Crippen LogP contribution in [0.4, 0.5) is 0 Å². The fourth-order valence-electron chi connectivity index (χ4n) is 1.89. The van der Waals surface area contributed by atoms with Crippen molar-refractivity contribution >= 4 is 29.8 Å². The van der Waals surface area contributed by atoms with Gasteiger partial charge >= 0.3 is 29.8 Å². The minimum absolute atomic E-state index is 0.104. The van der Waals surface area contributed by atoms with Crippen LogP contribution in [0, 0.1) is 5.41 Å². The molecule has 32 heavy (non-hydrogen) atoms. The van der Waals surface area contributed by atoms with E-state index < -0.39 is 61.7 Å². The Kier molecular flexibility index (Phi) is 12.3. The lowest BCUT2D eigenvalue weighted by Crippen LogP contribution is -2.44. The second kappa shape index (κ2) is 13.8. The molecule has 0 saturated carbocycles. The van der Waals surface area contributed by atoms with E-state index >= 15 is 0 Å². The summed E-state index contributed by atoms with van der Waals surface area (Å²) < 4.78 is 25.2. The third-order valence-electron chi connectivity index (χ3n) is 3.87. The van der Waals surface area contributed by atoms with Crippen LogP contribution in [0.25, 0.3) is 0 Å². The van der Waals surface area contributed by atoms with Crippen LogP contribution in [0.5, 0.6) is 0 Å². The van der Waals surface area contributed by atoms with Gasteiger partial charge in [-0.1, -0.05) is 19.7 Å². The van der Waals surface area contributed by atoms with Gasteiger partial charge in [0.05, 0.1) is 20.0 Å². The van der Waals surface area contributed by atoms with Crippen LogP contribution in [0.3, 0.4) is 0 Å². The highest BCUT2D eigenvalue weighted by Crippen LogP contribution is 2.23. The summed E-state index contributed by atoms with van der Waals surface area (Å²) >= 11 is 0. The summed E-state index contributed by atoms with van der Waals surface area (Å²) in [6, 6.07) is 0. The van der Waals surface area contributed by atoms with Gasteiger partial charge in [-0.05, 0) is 20.8 Å². The van der Waals surface area contributed by atoms with E-state index in [1.807, 2.05) is 0 Å². The van der Waals surface area contributed by atoms with Crippen LogP contribution in [0.2, 0.25) is 0 Å². The van der Waals surface area contributed by atoms with Gasteiger partial charge < -0.3 is 23.7 Å². The minimum Gasteiger partial charge on any atom is -0.469 e. The molecule has 0 aliphatic carbocycles. The molecule has 10 heteroatoms. The maximum absolute atomic E-state index is 12.1. The van der Waals surface area contributed by atoms with Crippen LogP contribution >= 0.6 is 0 Å². The van der Waals surface area contributed by atoms with Gasteiger partial charge in [0.2, 0.25) is 0 Å². The van der Waals surface area contributed by atoms with Gasteiger partial charge in [-0.25, -0.2) is 14.4 Å². The number of hydrogen-bond acceptors (Lipinski definition) is 10. The van der Waals surface area contributed by atoms with E-state index in [1.165, 1.54) is 27.9 Å². The highest BCUT2D eigenvalue weighted by molar-refractivity contribution is 5.88. The third-order valence-corrected chi connectivity index (χ3v) is 3.87. The summed E-state index contributed by atoms with van der Waals surface area (Å²) in [7, 11) is 1.18. The SMILES string of the molecule is C=C(C)C(=O)OCC(COC(=O)CCC(=O)OC)(COC(=O)C(=C)C)COC(=O)C(=C)C. The lowest BCUT2D eigenvalue weighted by molar-refractivity contribution is -0.168. The molecule has 0 saturated heterocycles. The minimum atomic E-state index is -1.44. The summed E-state index contributed by atoms with van der Waals surface area (Å²) in [5.41, 5.74) is -1.13. The number of esters is 5. The largest absolute Gasteiger partial charge is 0.469 e. The van der Waals surface area contributed by atoms with Gasteiger partial charge in [-0.15, -0.1) is 0 Å². The van der Waals surface area contributed by atoms with E-state index in [0.717, 1.165) is 0 Å². The van der Waals surface area contributed by atoms with E-state index in [-0.39, 0.29) is 29.6 Å². The Morgan fingerprint density at radius 2 is 0.906 bits per heavy atom. The second-order valence-corrected chi connectivity index (χ2v) is 7.31. The molecule has 0 aromatic rings. The lowest BCUT2D eigenvalue weighted by Gasteiger charge is -2.31. The van der Waals surface area contributed by atoms with Crippen molar-refractivity contribution in [2.75, 3.05) is 33.5 Å². The van der Waals surface area contributed by atoms with Crippen molar-refractivity contribution in [2.24, 2.45) is 5.41 Å². The number of ether oxygens (including phenoxy) is 5. The highest BCUT2D eigenvalue weighted by Gasteiger charge is 2.38. The number of carbonyl (C=O) groups is 5. The molecule has 0 spiro atoms. The Hall–Kier alpha value is -3.43. The second-order valence-electron chi connectivity index (χ2n) is 7.31. The first-order chi connectivity index (χ1) is 14.8. The molecule has 0 bridgehead atoms. The number of carbonyl (C=O) groups excluding carboxylic acids is 5.